The molecule has 0 saturated heterocycles. The molecule has 6 heteroatoms. The number of hydrogen-bond donors (Lipinski definition) is 0. The normalized spacial score (nSPS) is 26.3. The minimum absolute atomic E-state index is 0.0967. The van der Waals surface area contributed by atoms with Crippen LogP contribution in [0.15, 0.2) is 16.9 Å². The fourth-order valence-electron chi connectivity index (χ4n) is 4.22. The molecule has 2 aliphatic carbocycles. The Kier molecular flexibility index (Phi) is 3.35. The van der Waals surface area contributed by atoms with Gasteiger partial charge in [-0.15, -0.1) is 0 Å². The summed E-state index contributed by atoms with van der Waals surface area (Å²) >= 11 is 1.12. The Labute approximate surface area is 142 Å². The van der Waals surface area contributed by atoms with E-state index in [0.717, 1.165) is 28.9 Å². The number of ketones is 3. The molecule has 2 atom stereocenters. The van der Waals surface area contributed by atoms with Crippen LogP contribution in [0.1, 0.15) is 35.2 Å². The highest BCUT2D eigenvalue weighted by Gasteiger charge is 2.50. The molecule has 2 saturated carbocycles. The maximum Gasteiger partial charge on any atom is 0.307 e. The molecule has 5 nitrogen and oxygen atoms in total. The lowest BCUT2D eigenvalue weighted by Gasteiger charge is -2.24. The minimum Gasteiger partial charge on any atom is -0.301 e. The van der Waals surface area contributed by atoms with Gasteiger partial charge in [-0.1, -0.05) is 11.3 Å². The van der Waals surface area contributed by atoms with Gasteiger partial charge in [0.25, 0.3) is 0 Å². The number of hydrogen-bond acceptors (Lipinski definition) is 5. The second-order valence-electron chi connectivity index (χ2n) is 6.82. The van der Waals surface area contributed by atoms with Gasteiger partial charge >= 0.3 is 4.87 Å². The van der Waals surface area contributed by atoms with Crippen molar-refractivity contribution in [3.8, 4) is 0 Å². The lowest BCUT2D eigenvalue weighted by Crippen LogP contribution is -2.41. The van der Waals surface area contributed by atoms with Crippen molar-refractivity contribution in [2.45, 2.75) is 26.2 Å². The zero-order valence-corrected chi connectivity index (χ0v) is 14.3. The number of fused-ring (bicyclic) bond motifs is 3. The Hall–Kier alpha value is -2.08. The molecule has 1 aromatic carbocycles. The van der Waals surface area contributed by atoms with Crippen molar-refractivity contribution in [3.05, 3.63) is 32.9 Å². The van der Waals surface area contributed by atoms with Crippen LogP contribution in [0.2, 0.25) is 0 Å². The molecular weight excluding hydrogens is 326 g/mol. The second-order valence-corrected chi connectivity index (χ2v) is 7.81. The summed E-state index contributed by atoms with van der Waals surface area (Å²) in [4.78, 5) is 49.9. The first-order chi connectivity index (χ1) is 11.4. The van der Waals surface area contributed by atoms with Gasteiger partial charge in [0.2, 0.25) is 0 Å². The third-order valence-corrected chi connectivity index (χ3v) is 6.53. The third-order valence-electron chi connectivity index (χ3n) is 5.53. The average Bonchev–Trinajstić information content (AvgIpc) is 3.10. The largest absolute Gasteiger partial charge is 0.307 e. The van der Waals surface area contributed by atoms with Crippen molar-refractivity contribution in [3.63, 3.8) is 0 Å². The minimum atomic E-state index is -1.15. The smallest absolute Gasteiger partial charge is 0.301 e. The molecule has 24 heavy (non-hydrogen) atoms. The summed E-state index contributed by atoms with van der Waals surface area (Å²) in [6.07, 6.45) is 2.05. The van der Waals surface area contributed by atoms with Crippen LogP contribution in [0.4, 0.5) is 0 Å². The Bertz CT molecular complexity index is 945. The van der Waals surface area contributed by atoms with Gasteiger partial charge in [-0.05, 0) is 43.9 Å². The highest BCUT2D eigenvalue weighted by molar-refractivity contribution is 7.16. The van der Waals surface area contributed by atoms with Gasteiger partial charge in [0.1, 0.15) is 5.92 Å². The van der Waals surface area contributed by atoms with E-state index >= 15 is 0 Å². The fourth-order valence-corrected chi connectivity index (χ4v) is 5.16. The first kappa shape index (κ1) is 15.4. The highest BCUT2D eigenvalue weighted by Crippen LogP contribution is 2.41. The van der Waals surface area contributed by atoms with Gasteiger partial charge in [0.15, 0.2) is 17.3 Å². The topological polar surface area (TPSA) is 73.2 Å². The van der Waals surface area contributed by atoms with Crippen LogP contribution in [-0.4, -0.2) is 21.9 Å². The van der Waals surface area contributed by atoms with E-state index in [4.69, 9.17) is 0 Å². The van der Waals surface area contributed by atoms with Gasteiger partial charge in [-0.25, -0.2) is 0 Å². The SMILES string of the molecule is Cc1c(C(=O)C2C(=O)C3CCC(C3)C2=O)ccc2sc(=O)n(C)c12. The van der Waals surface area contributed by atoms with E-state index in [1.54, 1.807) is 26.1 Å². The zero-order chi connectivity index (χ0) is 17.2. The molecule has 124 valence electrons. The first-order valence-electron chi connectivity index (χ1n) is 8.11. The van der Waals surface area contributed by atoms with Crippen molar-refractivity contribution in [1.29, 1.82) is 0 Å². The lowest BCUT2D eigenvalue weighted by molar-refractivity contribution is -0.137. The lowest BCUT2D eigenvalue weighted by atomic mass is 9.75. The number of nitrogens with zero attached hydrogens (tertiary/aromatic N) is 1. The molecule has 4 rings (SSSR count). The number of rotatable bonds is 2. The van der Waals surface area contributed by atoms with Gasteiger partial charge in [0.05, 0.1) is 10.2 Å². The van der Waals surface area contributed by atoms with Crippen molar-refractivity contribution in [2.24, 2.45) is 24.8 Å². The molecular formula is C18H17NO4S. The molecule has 0 amide bonds. The first-order valence-corrected chi connectivity index (χ1v) is 8.92. The Morgan fingerprint density at radius 2 is 1.75 bits per heavy atom. The maximum absolute atomic E-state index is 13.0. The van der Waals surface area contributed by atoms with Gasteiger partial charge in [0, 0.05) is 24.4 Å². The van der Waals surface area contributed by atoms with Gasteiger partial charge in [-0.3, -0.25) is 19.2 Å². The standard InChI is InChI=1S/C18H17NO4S/c1-8-11(5-6-12-14(8)19(2)18(23)24-12)17(22)13-15(20)9-3-4-10(7-9)16(13)21/h5-6,9-10,13H,3-4,7H2,1-2H3. The molecule has 2 aliphatic rings. The molecule has 0 aliphatic heterocycles. The van der Waals surface area contributed by atoms with E-state index in [9.17, 15) is 19.2 Å². The van der Waals surface area contributed by atoms with Crippen LogP contribution < -0.4 is 4.87 Å². The fraction of sp³-hybridized carbons (Fsp3) is 0.444. The van der Waals surface area contributed by atoms with Crippen LogP contribution in [-0.2, 0) is 16.6 Å². The summed E-state index contributed by atoms with van der Waals surface area (Å²) in [5.74, 6) is -2.26. The number of Topliss-reactive ketones (excluding diaryl/α,β-unsaturated/α-hetero) is 3. The predicted molar refractivity (Wildman–Crippen MR) is 90.5 cm³/mol. The molecule has 0 radical (unpaired) electrons. The quantitative estimate of drug-likeness (QED) is 0.619. The van der Waals surface area contributed by atoms with Crippen molar-refractivity contribution >= 4 is 38.9 Å². The average molecular weight is 343 g/mol. The van der Waals surface area contributed by atoms with E-state index in [-0.39, 0.29) is 28.3 Å². The summed E-state index contributed by atoms with van der Waals surface area (Å²) < 4.78 is 2.32. The van der Waals surface area contributed by atoms with Crippen LogP contribution in [0.3, 0.4) is 0 Å². The highest BCUT2D eigenvalue weighted by atomic mass is 32.1. The van der Waals surface area contributed by atoms with Crippen LogP contribution >= 0.6 is 11.3 Å². The van der Waals surface area contributed by atoms with E-state index in [1.807, 2.05) is 0 Å². The van der Waals surface area contributed by atoms with E-state index in [2.05, 4.69) is 0 Å². The van der Waals surface area contributed by atoms with Crippen LogP contribution in [0.25, 0.3) is 10.2 Å². The van der Waals surface area contributed by atoms with E-state index in [1.165, 1.54) is 4.57 Å². The zero-order valence-electron chi connectivity index (χ0n) is 13.5. The van der Waals surface area contributed by atoms with Crippen LogP contribution in [0.5, 0.6) is 0 Å². The van der Waals surface area contributed by atoms with Gasteiger partial charge in [-0.2, -0.15) is 0 Å². The number of carbonyl (C=O) groups excluding carboxylic acids is 3. The number of aromatic nitrogens is 1. The molecule has 2 unspecified atom stereocenters. The summed E-state index contributed by atoms with van der Waals surface area (Å²) in [5, 5.41) is 0. The summed E-state index contributed by atoms with van der Waals surface area (Å²) in [7, 11) is 1.67. The summed E-state index contributed by atoms with van der Waals surface area (Å²) in [6, 6.07) is 3.38. The Morgan fingerprint density at radius 1 is 1.12 bits per heavy atom. The monoisotopic (exact) mass is 343 g/mol. The molecule has 1 heterocycles. The summed E-state index contributed by atoms with van der Waals surface area (Å²) in [5.41, 5.74) is 1.75. The molecule has 2 bridgehead atoms. The Morgan fingerprint density at radius 3 is 2.38 bits per heavy atom. The number of carbonyl (C=O) groups is 3. The van der Waals surface area contributed by atoms with E-state index < -0.39 is 11.7 Å². The number of benzene rings is 1. The number of thiazole rings is 1. The summed E-state index contributed by atoms with van der Waals surface area (Å²) in [6.45, 7) is 1.77. The van der Waals surface area contributed by atoms with Crippen molar-refractivity contribution in [1.82, 2.24) is 4.57 Å². The maximum atomic E-state index is 13.0. The predicted octanol–water partition coefficient (Wildman–Crippen LogP) is 2.28. The molecule has 0 spiro atoms. The third kappa shape index (κ3) is 1.99. The van der Waals surface area contributed by atoms with Crippen LogP contribution in [0, 0.1) is 24.7 Å². The second kappa shape index (κ2) is 5.21. The van der Waals surface area contributed by atoms with E-state index in [0.29, 0.717) is 23.1 Å². The molecule has 2 fully saturated rings. The molecule has 0 N–H and O–H groups in total. The van der Waals surface area contributed by atoms with Gasteiger partial charge < -0.3 is 4.57 Å². The molecule has 1 aromatic heterocycles. The van der Waals surface area contributed by atoms with Crippen molar-refractivity contribution in [2.75, 3.05) is 0 Å². The Balaban J connectivity index is 1.83. The molecule has 2 aromatic rings. The van der Waals surface area contributed by atoms with Crippen molar-refractivity contribution < 1.29 is 14.4 Å². The number of aryl methyl sites for hydroxylation is 2.